The molecule has 5 nitrogen and oxygen atoms in total. The third-order valence-corrected chi connectivity index (χ3v) is 4.94. The number of sulfonamides is 1. The van der Waals surface area contributed by atoms with Crippen molar-refractivity contribution in [2.45, 2.75) is 50.6 Å². The van der Waals surface area contributed by atoms with Crippen molar-refractivity contribution in [3.05, 3.63) is 29.8 Å². The molecule has 0 aromatic heterocycles. The van der Waals surface area contributed by atoms with E-state index in [4.69, 9.17) is 0 Å². The first-order chi connectivity index (χ1) is 9.97. The molecule has 0 unspecified atom stereocenters. The quantitative estimate of drug-likeness (QED) is 0.842. The Bertz CT molecular complexity index is 535. The van der Waals surface area contributed by atoms with Gasteiger partial charge >= 0.3 is 0 Å². The van der Waals surface area contributed by atoms with Crippen LogP contribution >= 0.6 is 0 Å². The molecule has 1 saturated heterocycles. The molecule has 0 aliphatic carbocycles. The van der Waals surface area contributed by atoms with Crippen LogP contribution in [0.3, 0.4) is 0 Å². The summed E-state index contributed by atoms with van der Waals surface area (Å²) in [7, 11) is -3.45. The molecule has 1 heterocycles. The van der Waals surface area contributed by atoms with Crippen LogP contribution in [-0.4, -0.2) is 32.6 Å². The van der Waals surface area contributed by atoms with E-state index < -0.39 is 10.0 Å². The molecule has 1 aromatic rings. The normalized spacial score (nSPS) is 17.3. The molecule has 1 aliphatic heterocycles. The summed E-state index contributed by atoms with van der Waals surface area (Å²) in [5, 5.41) is 5.11. The van der Waals surface area contributed by atoms with Crippen LogP contribution in [0, 0.1) is 0 Å². The maximum atomic E-state index is 12.3. The van der Waals surface area contributed by atoms with Crippen molar-refractivity contribution >= 4 is 10.0 Å². The maximum absolute atomic E-state index is 12.3. The van der Waals surface area contributed by atoms with Gasteiger partial charge in [0.05, 0.1) is 4.90 Å². The zero-order valence-corrected chi connectivity index (χ0v) is 13.6. The standard InChI is InChI=1S/C15H25N3O2S/c1-13(2)16-12-14-6-8-15(9-7-14)21(19,20)17-18-10-4-3-5-11-18/h6-9,13,16-17H,3-5,10-12H2,1-2H3. The SMILES string of the molecule is CC(C)NCc1ccc(S(=O)(=O)NN2CCCCC2)cc1. The van der Waals surface area contributed by atoms with Gasteiger partial charge in [-0.3, -0.25) is 0 Å². The summed E-state index contributed by atoms with van der Waals surface area (Å²) in [5.41, 5.74) is 1.08. The highest BCUT2D eigenvalue weighted by Crippen LogP contribution is 2.13. The Morgan fingerprint density at radius 2 is 1.71 bits per heavy atom. The Balaban J connectivity index is 1.99. The monoisotopic (exact) mass is 311 g/mol. The first kappa shape index (κ1) is 16.4. The van der Waals surface area contributed by atoms with E-state index in [2.05, 4.69) is 24.0 Å². The molecule has 0 bridgehead atoms. The zero-order valence-electron chi connectivity index (χ0n) is 12.8. The van der Waals surface area contributed by atoms with Crippen molar-refractivity contribution in [1.82, 2.24) is 15.2 Å². The van der Waals surface area contributed by atoms with Crippen LogP contribution in [-0.2, 0) is 16.6 Å². The summed E-state index contributed by atoms with van der Waals surface area (Å²) < 4.78 is 24.6. The largest absolute Gasteiger partial charge is 0.310 e. The first-order valence-corrected chi connectivity index (χ1v) is 9.05. The number of nitrogens with zero attached hydrogens (tertiary/aromatic N) is 1. The molecule has 1 aromatic carbocycles. The van der Waals surface area contributed by atoms with Gasteiger partial charge in [0.2, 0.25) is 0 Å². The van der Waals surface area contributed by atoms with Crippen LogP contribution in [0.1, 0.15) is 38.7 Å². The van der Waals surface area contributed by atoms with E-state index >= 15 is 0 Å². The fraction of sp³-hybridized carbons (Fsp3) is 0.600. The molecule has 6 heteroatoms. The van der Waals surface area contributed by atoms with Crippen molar-refractivity contribution in [2.24, 2.45) is 0 Å². The van der Waals surface area contributed by atoms with Crippen LogP contribution in [0.4, 0.5) is 0 Å². The number of piperidine rings is 1. The van der Waals surface area contributed by atoms with Crippen LogP contribution in [0.15, 0.2) is 29.2 Å². The smallest absolute Gasteiger partial charge is 0.253 e. The van der Waals surface area contributed by atoms with Gasteiger partial charge in [0, 0.05) is 25.7 Å². The Kier molecular flexibility index (Phi) is 5.75. The summed E-state index contributed by atoms with van der Waals surface area (Å²) >= 11 is 0. The summed E-state index contributed by atoms with van der Waals surface area (Å²) in [6.45, 7) is 6.49. The number of hydrogen-bond donors (Lipinski definition) is 2. The van der Waals surface area contributed by atoms with E-state index in [9.17, 15) is 8.42 Å². The van der Waals surface area contributed by atoms with Crippen LogP contribution in [0.5, 0.6) is 0 Å². The molecule has 0 amide bonds. The summed E-state index contributed by atoms with van der Waals surface area (Å²) in [6, 6.07) is 7.47. The van der Waals surface area contributed by atoms with Crippen molar-refractivity contribution < 1.29 is 8.42 Å². The van der Waals surface area contributed by atoms with Crippen molar-refractivity contribution in [3.8, 4) is 0 Å². The van der Waals surface area contributed by atoms with Gasteiger partial charge < -0.3 is 5.32 Å². The third-order valence-electron chi connectivity index (χ3n) is 3.55. The average molecular weight is 311 g/mol. The van der Waals surface area contributed by atoms with E-state index in [1.54, 1.807) is 17.1 Å². The molecule has 0 atom stereocenters. The van der Waals surface area contributed by atoms with Crippen molar-refractivity contribution in [3.63, 3.8) is 0 Å². The summed E-state index contributed by atoms with van der Waals surface area (Å²) in [6.07, 6.45) is 3.26. The Hall–Kier alpha value is -0.950. The van der Waals surface area contributed by atoms with Gasteiger partial charge in [0.1, 0.15) is 0 Å². The molecular formula is C15H25N3O2S. The molecule has 0 spiro atoms. The topological polar surface area (TPSA) is 61.4 Å². The van der Waals surface area contributed by atoms with Gasteiger partial charge in [-0.2, -0.15) is 0 Å². The van der Waals surface area contributed by atoms with Gasteiger partial charge in [-0.25, -0.2) is 13.4 Å². The number of hydrogen-bond acceptors (Lipinski definition) is 4. The molecule has 2 rings (SSSR count). The number of hydrazine groups is 1. The second-order valence-corrected chi connectivity index (χ2v) is 7.48. The van der Waals surface area contributed by atoms with E-state index in [1.807, 2.05) is 12.1 Å². The molecule has 2 N–H and O–H groups in total. The van der Waals surface area contributed by atoms with E-state index in [-0.39, 0.29) is 0 Å². The minimum atomic E-state index is -3.45. The number of nitrogens with one attached hydrogen (secondary N) is 2. The molecular weight excluding hydrogens is 286 g/mol. The highest BCUT2D eigenvalue weighted by atomic mass is 32.2. The lowest BCUT2D eigenvalue weighted by molar-refractivity contribution is 0.200. The lowest BCUT2D eigenvalue weighted by Gasteiger charge is -2.26. The van der Waals surface area contributed by atoms with Gasteiger partial charge in [-0.05, 0) is 30.5 Å². The van der Waals surface area contributed by atoms with Crippen molar-refractivity contribution in [2.75, 3.05) is 13.1 Å². The molecule has 1 aliphatic rings. The Morgan fingerprint density at radius 3 is 2.29 bits per heavy atom. The number of rotatable bonds is 6. The highest BCUT2D eigenvalue weighted by molar-refractivity contribution is 7.89. The van der Waals surface area contributed by atoms with E-state index in [1.165, 1.54) is 6.42 Å². The lowest BCUT2D eigenvalue weighted by Crippen LogP contribution is -2.44. The molecule has 0 saturated carbocycles. The predicted molar refractivity (Wildman–Crippen MR) is 84.2 cm³/mol. The van der Waals surface area contributed by atoms with Gasteiger partial charge in [-0.15, -0.1) is 4.83 Å². The molecule has 1 fully saturated rings. The van der Waals surface area contributed by atoms with Crippen molar-refractivity contribution in [1.29, 1.82) is 0 Å². The van der Waals surface area contributed by atoms with Crippen LogP contribution in [0.25, 0.3) is 0 Å². The predicted octanol–water partition coefficient (Wildman–Crippen LogP) is 1.86. The van der Waals surface area contributed by atoms with Gasteiger partial charge in [0.15, 0.2) is 0 Å². The lowest BCUT2D eigenvalue weighted by atomic mass is 10.2. The fourth-order valence-corrected chi connectivity index (χ4v) is 3.44. The van der Waals surface area contributed by atoms with Crippen LogP contribution < -0.4 is 10.1 Å². The van der Waals surface area contributed by atoms with Crippen LogP contribution in [0.2, 0.25) is 0 Å². The zero-order chi connectivity index (χ0) is 15.3. The second kappa shape index (κ2) is 7.35. The van der Waals surface area contributed by atoms with Gasteiger partial charge in [0.25, 0.3) is 10.0 Å². The van der Waals surface area contributed by atoms with Gasteiger partial charge in [-0.1, -0.05) is 32.4 Å². The summed E-state index contributed by atoms with van der Waals surface area (Å²) in [5.74, 6) is 0. The number of benzene rings is 1. The molecule has 21 heavy (non-hydrogen) atoms. The molecule has 118 valence electrons. The Labute approximate surface area is 127 Å². The average Bonchev–Trinajstić information content (AvgIpc) is 2.46. The third kappa shape index (κ3) is 5.07. The minimum absolute atomic E-state index is 0.321. The maximum Gasteiger partial charge on any atom is 0.253 e. The first-order valence-electron chi connectivity index (χ1n) is 7.57. The Morgan fingerprint density at radius 1 is 1.10 bits per heavy atom. The van der Waals surface area contributed by atoms with E-state index in [0.717, 1.165) is 38.0 Å². The summed E-state index contributed by atoms with van der Waals surface area (Å²) in [4.78, 5) is 2.99. The fourth-order valence-electron chi connectivity index (χ4n) is 2.32. The molecule has 0 radical (unpaired) electrons. The highest BCUT2D eigenvalue weighted by Gasteiger charge is 2.19. The van der Waals surface area contributed by atoms with E-state index in [0.29, 0.717) is 10.9 Å². The minimum Gasteiger partial charge on any atom is -0.310 e. The second-order valence-electron chi connectivity index (χ2n) is 5.82.